The van der Waals surface area contributed by atoms with E-state index in [-0.39, 0.29) is 11.9 Å². The Hall–Kier alpha value is -2.04. The third-order valence-electron chi connectivity index (χ3n) is 4.41. The first kappa shape index (κ1) is 17.3. The molecule has 0 aliphatic carbocycles. The van der Waals surface area contributed by atoms with Gasteiger partial charge in [0.05, 0.1) is 6.42 Å². The molecule has 0 spiro atoms. The summed E-state index contributed by atoms with van der Waals surface area (Å²) in [5.74, 6) is 0.142. The van der Waals surface area contributed by atoms with E-state index in [4.69, 9.17) is 0 Å². The molecular weight excluding hydrogens is 290 g/mol. The third-order valence-corrected chi connectivity index (χ3v) is 4.41. The van der Waals surface area contributed by atoms with Crippen LogP contribution in [0.5, 0.6) is 0 Å². The number of hydrogen-bond acceptors (Lipinski definition) is 2. The van der Waals surface area contributed by atoms with E-state index in [0.717, 1.165) is 18.7 Å². The second-order valence-corrected chi connectivity index (χ2v) is 5.99. The van der Waals surface area contributed by atoms with Crippen molar-refractivity contribution in [3.05, 3.63) is 35.4 Å². The quantitative estimate of drug-likeness (QED) is 0.854. The van der Waals surface area contributed by atoms with Crippen molar-refractivity contribution < 1.29 is 9.59 Å². The number of aryl methyl sites for hydroxylation is 1. The molecule has 0 saturated carbocycles. The first-order valence-corrected chi connectivity index (χ1v) is 8.42. The van der Waals surface area contributed by atoms with E-state index >= 15 is 0 Å². The van der Waals surface area contributed by atoms with Gasteiger partial charge in [-0.3, -0.25) is 4.79 Å². The van der Waals surface area contributed by atoms with Crippen molar-refractivity contribution in [1.82, 2.24) is 14.7 Å². The fraction of sp³-hybridized carbons (Fsp3) is 0.556. The van der Waals surface area contributed by atoms with E-state index in [9.17, 15) is 9.59 Å². The van der Waals surface area contributed by atoms with Crippen molar-refractivity contribution in [3.63, 3.8) is 0 Å². The number of rotatable bonds is 4. The van der Waals surface area contributed by atoms with Crippen molar-refractivity contribution >= 4 is 11.9 Å². The monoisotopic (exact) mass is 317 g/mol. The molecule has 0 unspecified atom stereocenters. The Morgan fingerprint density at radius 1 is 0.957 bits per heavy atom. The maximum atomic E-state index is 12.4. The summed E-state index contributed by atoms with van der Waals surface area (Å²) in [6, 6.07) is 8.16. The van der Waals surface area contributed by atoms with Gasteiger partial charge in [-0.15, -0.1) is 0 Å². The van der Waals surface area contributed by atoms with E-state index in [1.54, 1.807) is 0 Å². The number of carbonyl (C=O) groups is 2. The summed E-state index contributed by atoms with van der Waals surface area (Å²) in [4.78, 5) is 30.2. The number of nitrogens with zero attached hydrogens (tertiary/aromatic N) is 3. The van der Waals surface area contributed by atoms with Crippen LogP contribution in [0.4, 0.5) is 4.79 Å². The molecule has 0 aromatic heterocycles. The molecule has 0 radical (unpaired) electrons. The van der Waals surface area contributed by atoms with Gasteiger partial charge in [-0.05, 0) is 26.3 Å². The second kappa shape index (κ2) is 7.99. The van der Waals surface area contributed by atoms with Gasteiger partial charge in [-0.2, -0.15) is 0 Å². The molecule has 1 aromatic carbocycles. The number of benzene rings is 1. The molecule has 0 N–H and O–H groups in total. The highest BCUT2D eigenvalue weighted by Crippen LogP contribution is 2.10. The molecule has 1 fully saturated rings. The fourth-order valence-electron chi connectivity index (χ4n) is 2.83. The Morgan fingerprint density at radius 2 is 1.48 bits per heavy atom. The highest BCUT2D eigenvalue weighted by atomic mass is 16.2. The molecule has 1 aromatic rings. The molecule has 2 rings (SSSR count). The third kappa shape index (κ3) is 4.47. The van der Waals surface area contributed by atoms with Gasteiger partial charge in [0.2, 0.25) is 5.91 Å². The molecule has 1 aliphatic rings. The lowest BCUT2D eigenvalue weighted by Gasteiger charge is -2.37. The van der Waals surface area contributed by atoms with Gasteiger partial charge < -0.3 is 14.7 Å². The highest BCUT2D eigenvalue weighted by Gasteiger charge is 2.26. The second-order valence-electron chi connectivity index (χ2n) is 5.99. The summed E-state index contributed by atoms with van der Waals surface area (Å²) in [5, 5.41) is 0. The molecule has 23 heavy (non-hydrogen) atoms. The minimum Gasteiger partial charge on any atom is -0.339 e. The van der Waals surface area contributed by atoms with Crippen molar-refractivity contribution in [2.75, 3.05) is 39.3 Å². The van der Waals surface area contributed by atoms with Crippen LogP contribution in [0, 0.1) is 6.92 Å². The van der Waals surface area contributed by atoms with Crippen molar-refractivity contribution in [1.29, 1.82) is 0 Å². The fourth-order valence-corrected chi connectivity index (χ4v) is 2.83. The average molecular weight is 317 g/mol. The van der Waals surface area contributed by atoms with Crippen LogP contribution in [-0.2, 0) is 11.2 Å². The molecule has 0 atom stereocenters. The lowest BCUT2D eigenvalue weighted by Crippen LogP contribution is -2.54. The number of urea groups is 1. The van der Waals surface area contributed by atoms with E-state index in [1.165, 1.54) is 5.56 Å². The SMILES string of the molecule is CCN(CC)C(=O)N1CCN(C(=O)Cc2ccc(C)cc2)CC1. The van der Waals surface area contributed by atoms with E-state index < -0.39 is 0 Å². The summed E-state index contributed by atoms with van der Waals surface area (Å²) in [6.07, 6.45) is 0.435. The van der Waals surface area contributed by atoms with Crippen LogP contribution in [0.15, 0.2) is 24.3 Å². The normalized spacial score (nSPS) is 14.7. The Kier molecular flexibility index (Phi) is 6.02. The first-order valence-electron chi connectivity index (χ1n) is 8.42. The molecule has 5 nitrogen and oxygen atoms in total. The lowest BCUT2D eigenvalue weighted by molar-refractivity contribution is -0.131. The summed E-state index contributed by atoms with van der Waals surface area (Å²) in [6.45, 7) is 9.95. The Balaban J connectivity index is 1.85. The zero-order valence-electron chi connectivity index (χ0n) is 14.4. The molecule has 126 valence electrons. The van der Waals surface area contributed by atoms with Crippen LogP contribution in [0.25, 0.3) is 0 Å². The van der Waals surface area contributed by atoms with E-state index in [1.807, 2.05) is 59.7 Å². The minimum atomic E-state index is 0.0839. The number of carbonyl (C=O) groups excluding carboxylic acids is 2. The zero-order valence-corrected chi connectivity index (χ0v) is 14.4. The summed E-state index contributed by atoms with van der Waals surface area (Å²) < 4.78 is 0. The van der Waals surface area contributed by atoms with Crippen molar-refractivity contribution in [3.8, 4) is 0 Å². The predicted octanol–water partition coefficient (Wildman–Crippen LogP) is 2.14. The van der Waals surface area contributed by atoms with Gasteiger partial charge in [-0.25, -0.2) is 4.79 Å². The van der Waals surface area contributed by atoms with Crippen LogP contribution < -0.4 is 0 Å². The predicted molar refractivity (Wildman–Crippen MR) is 91.4 cm³/mol. The Morgan fingerprint density at radius 3 is 2.00 bits per heavy atom. The number of hydrogen-bond donors (Lipinski definition) is 0. The van der Waals surface area contributed by atoms with Crippen molar-refractivity contribution in [2.45, 2.75) is 27.2 Å². The number of piperazine rings is 1. The Bertz CT molecular complexity index is 530. The molecule has 1 saturated heterocycles. The summed E-state index contributed by atoms with van der Waals surface area (Å²) >= 11 is 0. The Labute approximate surface area is 138 Å². The van der Waals surface area contributed by atoms with Gasteiger partial charge in [-0.1, -0.05) is 29.8 Å². The maximum absolute atomic E-state index is 12.4. The van der Waals surface area contributed by atoms with Crippen LogP contribution in [-0.4, -0.2) is 65.9 Å². The van der Waals surface area contributed by atoms with Gasteiger partial charge >= 0.3 is 6.03 Å². The van der Waals surface area contributed by atoms with E-state index in [2.05, 4.69) is 0 Å². The molecule has 3 amide bonds. The molecule has 5 heteroatoms. The van der Waals surface area contributed by atoms with Gasteiger partial charge in [0.15, 0.2) is 0 Å². The zero-order chi connectivity index (χ0) is 16.8. The van der Waals surface area contributed by atoms with Crippen molar-refractivity contribution in [2.24, 2.45) is 0 Å². The first-order chi connectivity index (χ1) is 11.0. The molecular formula is C18H27N3O2. The molecule has 0 bridgehead atoms. The minimum absolute atomic E-state index is 0.0839. The van der Waals surface area contributed by atoms with E-state index in [0.29, 0.717) is 32.6 Å². The lowest BCUT2D eigenvalue weighted by atomic mass is 10.1. The largest absolute Gasteiger partial charge is 0.339 e. The van der Waals surface area contributed by atoms with Gasteiger partial charge in [0, 0.05) is 39.3 Å². The smallest absolute Gasteiger partial charge is 0.320 e. The average Bonchev–Trinajstić information content (AvgIpc) is 2.58. The van der Waals surface area contributed by atoms with Crippen LogP contribution in [0.1, 0.15) is 25.0 Å². The van der Waals surface area contributed by atoms with Crippen LogP contribution >= 0.6 is 0 Å². The summed E-state index contributed by atoms with van der Waals surface area (Å²) in [7, 11) is 0. The molecule has 1 aliphatic heterocycles. The highest BCUT2D eigenvalue weighted by molar-refractivity contribution is 5.79. The van der Waals surface area contributed by atoms with Crippen LogP contribution in [0.3, 0.4) is 0 Å². The molecule has 1 heterocycles. The van der Waals surface area contributed by atoms with Gasteiger partial charge in [0.25, 0.3) is 0 Å². The maximum Gasteiger partial charge on any atom is 0.320 e. The number of amides is 3. The van der Waals surface area contributed by atoms with Gasteiger partial charge in [0.1, 0.15) is 0 Å². The standard InChI is InChI=1S/C18H27N3O2/c1-4-19(5-2)18(23)21-12-10-20(11-13-21)17(22)14-16-8-6-15(3)7-9-16/h6-9H,4-5,10-14H2,1-3H3. The van der Waals surface area contributed by atoms with Crippen LogP contribution in [0.2, 0.25) is 0 Å². The summed E-state index contributed by atoms with van der Waals surface area (Å²) in [5.41, 5.74) is 2.24. The topological polar surface area (TPSA) is 43.9 Å².